The van der Waals surface area contributed by atoms with Gasteiger partial charge in [-0.1, -0.05) is 47.6 Å². The molecule has 7 N–H and O–H groups in total. The molecule has 0 radical (unpaired) electrons. The molecule has 0 atom stereocenters. The zero-order valence-corrected chi connectivity index (χ0v) is 18.7. The number of carbonyl (C=O) groups excluding carboxylic acids is 1. The maximum atomic E-state index is 14.8. The molecular formula is C23H21FN4O5S. The van der Waals surface area contributed by atoms with E-state index in [1.165, 1.54) is 49.4 Å². The lowest BCUT2D eigenvalue weighted by atomic mass is 10.0. The number of benzene rings is 3. The highest BCUT2D eigenvalue weighted by molar-refractivity contribution is 7.89. The van der Waals surface area contributed by atoms with Crippen molar-refractivity contribution in [2.45, 2.75) is 11.8 Å². The Balaban J connectivity index is 1.89. The van der Waals surface area contributed by atoms with Crippen molar-refractivity contribution in [2.75, 3.05) is 5.32 Å². The highest BCUT2D eigenvalue weighted by Crippen LogP contribution is 2.33. The summed E-state index contributed by atoms with van der Waals surface area (Å²) in [6.07, 6.45) is 0. The quantitative estimate of drug-likeness (QED) is 0.0899. The van der Waals surface area contributed by atoms with Crippen LogP contribution < -0.4 is 16.2 Å². The van der Waals surface area contributed by atoms with Gasteiger partial charge in [-0.3, -0.25) is 4.79 Å². The third-order valence-electron chi connectivity index (χ3n) is 4.98. The van der Waals surface area contributed by atoms with Crippen LogP contribution in [-0.4, -0.2) is 30.5 Å². The Morgan fingerprint density at radius 3 is 2.35 bits per heavy atom. The molecule has 0 unspecified atom stereocenters. The van der Waals surface area contributed by atoms with Crippen LogP contribution in [0.15, 0.2) is 82.6 Å². The maximum absolute atomic E-state index is 14.8. The van der Waals surface area contributed by atoms with Crippen molar-refractivity contribution in [1.29, 1.82) is 0 Å². The van der Waals surface area contributed by atoms with E-state index in [1.807, 2.05) is 0 Å². The maximum Gasteiger partial charge on any atom is 0.284 e. The minimum Gasteiger partial charge on any atom is -0.506 e. The molecule has 0 aromatic heterocycles. The number of sulfonamides is 1. The SMILES string of the molecule is C/C(=C(\F)C(=O)Nc1ccc(-c2ccccc2S(N)(=O)=O)cc1O)c1cccc(/C(N)=N/O)c1. The molecule has 1 amide bonds. The monoisotopic (exact) mass is 484 g/mol. The molecule has 0 bridgehead atoms. The second-order valence-electron chi connectivity index (χ2n) is 7.23. The second-order valence-corrected chi connectivity index (χ2v) is 8.76. The number of hydrogen-bond acceptors (Lipinski definition) is 6. The van der Waals surface area contributed by atoms with Crippen LogP contribution in [-0.2, 0) is 14.8 Å². The Morgan fingerprint density at radius 2 is 1.71 bits per heavy atom. The number of phenols is 1. The fraction of sp³-hybridized carbons (Fsp3) is 0.0435. The van der Waals surface area contributed by atoms with Crippen LogP contribution in [0.3, 0.4) is 0 Å². The van der Waals surface area contributed by atoms with Crippen LogP contribution in [0.5, 0.6) is 5.75 Å². The molecule has 0 spiro atoms. The van der Waals surface area contributed by atoms with Crippen molar-refractivity contribution in [3.63, 3.8) is 0 Å². The minimum atomic E-state index is -4.02. The lowest BCUT2D eigenvalue weighted by molar-refractivity contribution is -0.114. The van der Waals surface area contributed by atoms with Gasteiger partial charge in [0.05, 0.1) is 10.6 Å². The predicted molar refractivity (Wildman–Crippen MR) is 126 cm³/mol. The second kappa shape index (κ2) is 9.73. The van der Waals surface area contributed by atoms with E-state index < -0.39 is 27.5 Å². The lowest BCUT2D eigenvalue weighted by Crippen LogP contribution is -2.14. The number of amides is 1. The third-order valence-corrected chi connectivity index (χ3v) is 5.95. The van der Waals surface area contributed by atoms with E-state index in [9.17, 15) is 22.7 Å². The number of halogens is 1. The summed E-state index contributed by atoms with van der Waals surface area (Å²) in [5, 5.41) is 29.6. The summed E-state index contributed by atoms with van der Waals surface area (Å²) in [5.41, 5.74) is 6.69. The van der Waals surface area contributed by atoms with Crippen LogP contribution in [0.1, 0.15) is 18.1 Å². The lowest BCUT2D eigenvalue weighted by Gasteiger charge is -2.12. The first-order chi connectivity index (χ1) is 16.0. The summed E-state index contributed by atoms with van der Waals surface area (Å²) >= 11 is 0. The van der Waals surface area contributed by atoms with E-state index in [0.717, 1.165) is 0 Å². The number of rotatable bonds is 6. The minimum absolute atomic E-state index is 0.0109. The van der Waals surface area contributed by atoms with Gasteiger partial charge in [-0.15, -0.1) is 0 Å². The molecule has 0 aliphatic rings. The summed E-state index contributed by atoms with van der Waals surface area (Å²) in [4.78, 5) is 12.3. The van der Waals surface area contributed by atoms with Crippen molar-refractivity contribution in [3.8, 4) is 16.9 Å². The summed E-state index contributed by atoms with van der Waals surface area (Å²) in [7, 11) is -4.02. The van der Waals surface area contributed by atoms with E-state index in [1.54, 1.807) is 24.3 Å². The van der Waals surface area contributed by atoms with Crippen molar-refractivity contribution < 1.29 is 27.9 Å². The normalized spacial score (nSPS) is 12.7. The first kappa shape index (κ1) is 24.4. The van der Waals surface area contributed by atoms with Gasteiger partial charge in [-0.25, -0.2) is 17.9 Å². The molecule has 0 aliphatic carbocycles. The van der Waals surface area contributed by atoms with Crippen molar-refractivity contribution >= 4 is 33.0 Å². The van der Waals surface area contributed by atoms with Gasteiger partial charge in [0.15, 0.2) is 11.7 Å². The number of phenolic OH excluding ortho intramolecular Hbond substituents is 1. The largest absolute Gasteiger partial charge is 0.506 e. The summed E-state index contributed by atoms with van der Waals surface area (Å²) < 4.78 is 38.5. The Bertz CT molecular complexity index is 1430. The third kappa shape index (κ3) is 5.22. The fourth-order valence-corrected chi connectivity index (χ4v) is 3.96. The number of oxime groups is 1. The average Bonchev–Trinajstić information content (AvgIpc) is 2.83. The number of nitrogens with one attached hydrogen (secondary N) is 1. The molecule has 0 aliphatic heterocycles. The van der Waals surface area contributed by atoms with Gasteiger partial charge in [0.1, 0.15) is 5.75 Å². The Kier molecular flexibility index (Phi) is 6.99. The Morgan fingerprint density at radius 1 is 1.03 bits per heavy atom. The summed E-state index contributed by atoms with van der Waals surface area (Å²) in [6.45, 7) is 1.38. The number of anilines is 1. The Labute approximate surface area is 194 Å². The number of nitrogens with two attached hydrogens (primary N) is 2. The number of hydrogen-bond donors (Lipinski definition) is 5. The zero-order valence-electron chi connectivity index (χ0n) is 17.9. The first-order valence-corrected chi connectivity index (χ1v) is 11.3. The van der Waals surface area contributed by atoms with Crippen LogP contribution in [0.4, 0.5) is 10.1 Å². The van der Waals surface area contributed by atoms with E-state index in [4.69, 9.17) is 16.1 Å². The molecule has 3 aromatic carbocycles. The smallest absolute Gasteiger partial charge is 0.284 e. The number of nitrogens with zero attached hydrogens (tertiary/aromatic N) is 1. The van der Waals surface area contributed by atoms with Gasteiger partial charge in [0.25, 0.3) is 5.91 Å². The van der Waals surface area contributed by atoms with Crippen molar-refractivity contribution in [1.82, 2.24) is 0 Å². The average molecular weight is 485 g/mol. The number of carbonyl (C=O) groups is 1. The van der Waals surface area contributed by atoms with Gasteiger partial charge in [0, 0.05) is 11.1 Å². The predicted octanol–water partition coefficient (Wildman–Crippen LogP) is 3.14. The van der Waals surface area contributed by atoms with E-state index in [-0.39, 0.29) is 27.6 Å². The van der Waals surface area contributed by atoms with Gasteiger partial charge < -0.3 is 21.4 Å². The standard InChI is InChI=1S/C23H21FN4O5S/c1-13(14-5-4-6-16(11-14)22(25)28-31)21(24)23(30)27-18-10-9-15(12-19(18)29)17-7-2-3-8-20(17)34(26,32)33/h2-12,29,31H,1H3,(H2,25,28)(H,27,30)(H2,26,32,33)/b21-13+. The fourth-order valence-electron chi connectivity index (χ4n) is 3.20. The topological polar surface area (TPSA) is 168 Å². The molecule has 11 heteroatoms. The molecular weight excluding hydrogens is 463 g/mol. The molecule has 0 saturated heterocycles. The van der Waals surface area contributed by atoms with Crippen molar-refractivity contribution in [2.24, 2.45) is 16.0 Å². The van der Waals surface area contributed by atoms with Crippen LogP contribution >= 0.6 is 0 Å². The zero-order chi connectivity index (χ0) is 25.0. The number of primary sulfonamides is 1. The molecule has 9 nitrogen and oxygen atoms in total. The van der Waals surface area contributed by atoms with Crippen LogP contribution in [0, 0.1) is 0 Å². The van der Waals surface area contributed by atoms with E-state index in [2.05, 4.69) is 10.5 Å². The number of amidine groups is 1. The van der Waals surface area contributed by atoms with Gasteiger partial charge in [0.2, 0.25) is 10.0 Å². The summed E-state index contributed by atoms with van der Waals surface area (Å²) in [6, 6.07) is 16.1. The number of allylic oxidation sites excluding steroid dienone is 1. The molecule has 176 valence electrons. The molecule has 0 saturated carbocycles. The highest BCUT2D eigenvalue weighted by atomic mass is 32.2. The number of aromatic hydroxyl groups is 1. The van der Waals surface area contributed by atoms with Crippen LogP contribution in [0.25, 0.3) is 16.7 Å². The van der Waals surface area contributed by atoms with Gasteiger partial charge >= 0.3 is 0 Å². The molecule has 3 rings (SSSR count). The van der Waals surface area contributed by atoms with Gasteiger partial charge in [-0.2, -0.15) is 0 Å². The van der Waals surface area contributed by atoms with Crippen LogP contribution in [0.2, 0.25) is 0 Å². The highest BCUT2D eigenvalue weighted by Gasteiger charge is 2.18. The molecule has 34 heavy (non-hydrogen) atoms. The van der Waals surface area contributed by atoms with E-state index in [0.29, 0.717) is 16.7 Å². The molecule has 0 fully saturated rings. The Hall–Kier alpha value is -4.22. The van der Waals surface area contributed by atoms with E-state index >= 15 is 0 Å². The van der Waals surface area contributed by atoms with Crippen molar-refractivity contribution in [3.05, 3.63) is 83.7 Å². The molecule has 0 heterocycles. The first-order valence-electron chi connectivity index (χ1n) is 9.74. The van der Waals surface area contributed by atoms with Gasteiger partial charge in [-0.05, 0) is 47.9 Å². The summed E-state index contributed by atoms with van der Waals surface area (Å²) in [5.74, 6) is -2.80. The molecule has 3 aromatic rings.